The van der Waals surface area contributed by atoms with Crippen molar-refractivity contribution in [2.24, 2.45) is 0 Å². The molecule has 1 atom stereocenters. The Morgan fingerprint density at radius 3 is 2.80 bits per heavy atom. The number of ether oxygens (including phenoxy) is 2. The van der Waals surface area contributed by atoms with Crippen LogP contribution < -0.4 is 15.1 Å². The topological polar surface area (TPSA) is 108 Å². The normalized spacial score (nSPS) is 19.4. The van der Waals surface area contributed by atoms with Crippen molar-refractivity contribution in [3.05, 3.63) is 23.3 Å². The molecule has 0 aliphatic carbocycles. The second kappa shape index (κ2) is 6.07. The van der Waals surface area contributed by atoms with Crippen molar-refractivity contribution in [1.82, 2.24) is 5.32 Å². The van der Waals surface area contributed by atoms with E-state index in [9.17, 15) is 23.2 Å². The summed E-state index contributed by atoms with van der Waals surface area (Å²) in [6.07, 6.45) is -3.90. The number of rotatable bonds is 3. The molecule has 2 heterocycles. The summed E-state index contributed by atoms with van der Waals surface area (Å²) in [6.45, 7) is -0.821. The van der Waals surface area contributed by atoms with Crippen LogP contribution in [-0.4, -0.2) is 49.6 Å². The van der Waals surface area contributed by atoms with E-state index < -0.39 is 42.6 Å². The Morgan fingerprint density at radius 2 is 2.12 bits per heavy atom. The lowest BCUT2D eigenvalue weighted by atomic mass is 10.1. The predicted octanol–water partition coefficient (Wildman–Crippen LogP) is 1.64. The third-order valence-electron chi connectivity index (χ3n) is 3.86. The third-order valence-corrected chi connectivity index (χ3v) is 3.86. The first kappa shape index (κ1) is 16.7. The van der Waals surface area contributed by atoms with Crippen LogP contribution in [0.3, 0.4) is 0 Å². The number of fused-ring (bicyclic) bond motifs is 1. The first-order valence-electron chi connectivity index (χ1n) is 7.16. The molecule has 1 saturated heterocycles. The second-order valence-electron chi connectivity index (χ2n) is 5.43. The molecule has 134 valence electrons. The van der Waals surface area contributed by atoms with Crippen LogP contribution in [-0.2, 0) is 16.1 Å². The van der Waals surface area contributed by atoms with Gasteiger partial charge in [0.2, 0.25) is 0 Å². The molecule has 11 heteroatoms. The zero-order valence-corrected chi connectivity index (χ0v) is 12.9. The zero-order valence-electron chi connectivity index (χ0n) is 12.9. The van der Waals surface area contributed by atoms with Crippen molar-refractivity contribution in [3.8, 4) is 0 Å². The Morgan fingerprint density at radius 1 is 1.40 bits per heavy atom. The molecule has 0 spiro atoms. The summed E-state index contributed by atoms with van der Waals surface area (Å²) >= 11 is 0. The van der Waals surface area contributed by atoms with Crippen molar-refractivity contribution in [1.29, 1.82) is 0 Å². The molecule has 0 aromatic heterocycles. The standard InChI is InChI=1S/C14H13F2N3O6/c1-18-11-7(5-24-13(18)22)10(16)9(2-8(11)15)19-4-6(25-14(19)23)3-17-12(20)21/h2,6,17H,3-5H2,1H3,(H,20,21). The number of carboxylic acid groups (broad SMARTS) is 1. The summed E-state index contributed by atoms with van der Waals surface area (Å²) in [7, 11) is 1.24. The van der Waals surface area contributed by atoms with Crippen LogP contribution in [0.15, 0.2) is 6.07 Å². The first-order chi connectivity index (χ1) is 11.8. The van der Waals surface area contributed by atoms with E-state index in [1.807, 2.05) is 5.32 Å². The Kier molecular flexibility index (Phi) is 4.07. The SMILES string of the molecule is CN1C(=O)OCc2c(F)c(N3CC(CNC(=O)O)OC3=O)cc(F)c21. The number of cyclic esters (lactones) is 2. The number of hydrogen-bond donors (Lipinski definition) is 2. The van der Waals surface area contributed by atoms with Gasteiger partial charge in [0.15, 0.2) is 5.82 Å². The quantitative estimate of drug-likeness (QED) is 0.851. The molecule has 0 bridgehead atoms. The van der Waals surface area contributed by atoms with Crippen LogP contribution in [0.25, 0.3) is 0 Å². The van der Waals surface area contributed by atoms with Gasteiger partial charge in [-0.3, -0.25) is 9.80 Å². The molecule has 25 heavy (non-hydrogen) atoms. The maximum atomic E-state index is 14.8. The Hall–Kier alpha value is -3.11. The summed E-state index contributed by atoms with van der Waals surface area (Å²) in [4.78, 5) is 35.6. The minimum Gasteiger partial charge on any atom is -0.465 e. The highest BCUT2D eigenvalue weighted by molar-refractivity contribution is 5.93. The predicted molar refractivity (Wildman–Crippen MR) is 78.6 cm³/mol. The number of carbonyl (C=O) groups is 3. The number of carbonyl (C=O) groups excluding carboxylic acids is 2. The average molecular weight is 357 g/mol. The van der Waals surface area contributed by atoms with E-state index in [-0.39, 0.29) is 30.0 Å². The molecule has 9 nitrogen and oxygen atoms in total. The molecule has 1 aromatic rings. The molecule has 1 fully saturated rings. The van der Waals surface area contributed by atoms with E-state index in [0.717, 1.165) is 15.9 Å². The third kappa shape index (κ3) is 2.88. The number of nitrogens with one attached hydrogen (secondary N) is 1. The smallest absolute Gasteiger partial charge is 0.414 e. The van der Waals surface area contributed by atoms with Crippen molar-refractivity contribution < 1.29 is 37.7 Å². The van der Waals surface area contributed by atoms with Gasteiger partial charge >= 0.3 is 18.3 Å². The fourth-order valence-corrected chi connectivity index (χ4v) is 2.69. The minimum absolute atomic E-state index is 0.163. The number of anilines is 2. The van der Waals surface area contributed by atoms with Gasteiger partial charge in [0.05, 0.1) is 30.0 Å². The maximum absolute atomic E-state index is 14.8. The van der Waals surface area contributed by atoms with E-state index in [1.165, 1.54) is 7.05 Å². The molecule has 1 aromatic carbocycles. The van der Waals surface area contributed by atoms with Crippen molar-refractivity contribution in [3.63, 3.8) is 0 Å². The summed E-state index contributed by atoms with van der Waals surface area (Å²) < 4.78 is 38.8. The lowest BCUT2D eigenvalue weighted by Gasteiger charge is -2.28. The molecule has 0 radical (unpaired) electrons. The molecule has 3 amide bonds. The second-order valence-corrected chi connectivity index (χ2v) is 5.43. The summed E-state index contributed by atoms with van der Waals surface area (Å²) in [5.74, 6) is -1.81. The van der Waals surface area contributed by atoms with E-state index in [2.05, 4.69) is 0 Å². The van der Waals surface area contributed by atoms with Gasteiger partial charge in [-0.25, -0.2) is 23.2 Å². The summed E-state index contributed by atoms with van der Waals surface area (Å²) in [6, 6.07) is 0.789. The number of nitrogens with zero attached hydrogens (tertiary/aromatic N) is 2. The fraction of sp³-hybridized carbons (Fsp3) is 0.357. The maximum Gasteiger partial charge on any atom is 0.414 e. The Bertz CT molecular complexity index is 771. The van der Waals surface area contributed by atoms with Gasteiger partial charge in [-0.1, -0.05) is 0 Å². The highest BCUT2D eigenvalue weighted by Gasteiger charge is 2.37. The fourth-order valence-electron chi connectivity index (χ4n) is 2.69. The Labute approximate surface area is 139 Å². The molecule has 2 N–H and O–H groups in total. The monoisotopic (exact) mass is 357 g/mol. The van der Waals surface area contributed by atoms with Crippen LogP contribution >= 0.6 is 0 Å². The number of benzene rings is 1. The molecule has 2 aliphatic heterocycles. The van der Waals surface area contributed by atoms with E-state index >= 15 is 0 Å². The largest absolute Gasteiger partial charge is 0.465 e. The van der Waals surface area contributed by atoms with Crippen molar-refractivity contribution in [2.45, 2.75) is 12.7 Å². The molecule has 1 unspecified atom stereocenters. The highest BCUT2D eigenvalue weighted by Crippen LogP contribution is 2.37. The van der Waals surface area contributed by atoms with Gasteiger partial charge < -0.3 is 19.9 Å². The van der Waals surface area contributed by atoms with Gasteiger partial charge in [0.25, 0.3) is 0 Å². The highest BCUT2D eigenvalue weighted by atomic mass is 19.1. The average Bonchev–Trinajstić information content (AvgIpc) is 2.92. The van der Waals surface area contributed by atoms with Crippen molar-refractivity contribution >= 4 is 29.7 Å². The molecule has 0 saturated carbocycles. The number of halogens is 2. The van der Waals surface area contributed by atoms with Crippen LogP contribution in [0.2, 0.25) is 0 Å². The van der Waals surface area contributed by atoms with E-state index in [0.29, 0.717) is 0 Å². The van der Waals surface area contributed by atoms with Gasteiger partial charge in [0, 0.05) is 13.1 Å². The molecular formula is C14H13F2N3O6. The lowest BCUT2D eigenvalue weighted by molar-refractivity contribution is 0.136. The number of hydrogen-bond acceptors (Lipinski definition) is 5. The molecular weight excluding hydrogens is 344 g/mol. The molecule has 2 aliphatic rings. The minimum atomic E-state index is -1.30. The summed E-state index contributed by atoms with van der Waals surface area (Å²) in [5, 5.41) is 10.6. The molecule has 3 rings (SSSR count). The van der Waals surface area contributed by atoms with Gasteiger partial charge in [-0.15, -0.1) is 0 Å². The van der Waals surface area contributed by atoms with Gasteiger partial charge in [-0.2, -0.15) is 0 Å². The lowest BCUT2D eigenvalue weighted by Crippen LogP contribution is -2.35. The van der Waals surface area contributed by atoms with Crippen LogP contribution in [0.4, 0.5) is 34.5 Å². The Balaban J connectivity index is 1.91. The van der Waals surface area contributed by atoms with E-state index in [4.69, 9.17) is 14.6 Å². The zero-order chi connectivity index (χ0) is 18.3. The van der Waals surface area contributed by atoms with E-state index in [1.54, 1.807) is 0 Å². The number of amides is 3. The van der Waals surface area contributed by atoms with Crippen molar-refractivity contribution in [2.75, 3.05) is 29.9 Å². The van der Waals surface area contributed by atoms with Crippen LogP contribution in [0.5, 0.6) is 0 Å². The summed E-state index contributed by atoms with van der Waals surface area (Å²) in [5.41, 5.74) is -0.823. The van der Waals surface area contributed by atoms with Gasteiger partial charge in [-0.05, 0) is 0 Å². The first-order valence-corrected chi connectivity index (χ1v) is 7.16. The van der Waals surface area contributed by atoms with Gasteiger partial charge in [0.1, 0.15) is 18.5 Å². The van der Waals surface area contributed by atoms with Crippen LogP contribution in [0.1, 0.15) is 5.56 Å². The van der Waals surface area contributed by atoms with Crippen LogP contribution in [0, 0.1) is 11.6 Å².